The highest BCUT2D eigenvalue weighted by molar-refractivity contribution is 5.90. The van der Waals surface area contributed by atoms with E-state index in [0.717, 1.165) is 0 Å². The molecule has 274 valence electrons. The summed E-state index contributed by atoms with van der Waals surface area (Å²) in [7, 11) is 1.68. The zero-order valence-electron chi connectivity index (χ0n) is 29.7. The van der Waals surface area contributed by atoms with Crippen LogP contribution in [-0.4, -0.2) is 90.5 Å². The molecule has 2 aliphatic heterocycles. The number of benzene rings is 2. The lowest BCUT2D eigenvalue weighted by molar-refractivity contribution is -0.391. The van der Waals surface area contributed by atoms with Gasteiger partial charge in [-0.2, -0.15) is 0 Å². The maximum absolute atomic E-state index is 14.1. The molecule has 2 saturated heterocycles. The van der Waals surface area contributed by atoms with Gasteiger partial charge in [-0.3, -0.25) is 9.59 Å². The zero-order valence-corrected chi connectivity index (χ0v) is 29.7. The van der Waals surface area contributed by atoms with Gasteiger partial charge < -0.3 is 38.8 Å². The third kappa shape index (κ3) is 5.69. The van der Waals surface area contributed by atoms with E-state index in [1.807, 2.05) is 0 Å². The fourth-order valence-electron chi connectivity index (χ4n) is 9.41. The Labute approximate surface area is 296 Å². The molecule has 2 aromatic rings. The first-order valence-corrected chi connectivity index (χ1v) is 17.1. The molecule has 0 amide bonds. The second-order valence-corrected chi connectivity index (χ2v) is 15.0. The smallest absolute Gasteiger partial charge is 0.341 e. The number of carbonyl (C=O) groups excluding carboxylic acids is 5. The van der Waals surface area contributed by atoms with E-state index in [0.29, 0.717) is 0 Å². The van der Waals surface area contributed by atoms with Crippen LogP contribution in [0.25, 0.3) is 0 Å². The number of aliphatic hydroxyl groups is 1. The number of fused-ring (bicyclic) bond motifs is 3. The number of carbonyl (C=O) groups is 5. The van der Waals surface area contributed by atoms with Crippen LogP contribution in [0.5, 0.6) is 0 Å². The summed E-state index contributed by atoms with van der Waals surface area (Å²) >= 11 is 0. The molecule has 2 aromatic carbocycles. The first-order chi connectivity index (χ1) is 24.0. The van der Waals surface area contributed by atoms with E-state index in [4.69, 9.17) is 28.4 Å². The summed E-state index contributed by atoms with van der Waals surface area (Å²) in [6.45, 7) is 9.39. The summed E-state index contributed by atoms with van der Waals surface area (Å²) < 4.78 is 37.6. The Hall–Kier alpha value is -4.33. The molecule has 4 aliphatic rings. The van der Waals surface area contributed by atoms with Crippen molar-refractivity contribution >= 4 is 29.8 Å². The fourth-order valence-corrected chi connectivity index (χ4v) is 9.41. The number of hydrogen-bond donors (Lipinski definition) is 2. The van der Waals surface area contributed by atoms with Crippen LogP contribution in [-0.2, 0) is 42.8 Å². The number of nitrogens with one attached hydrogen (secondary N) is 1. The van der Waals surface area contributed by atoms with Gasteiger partial charge >= 0.3 is 29.8 Å². The predicted molar refractivity (Wildman–Crippen MR) is 178 cm³/mol. The molecule has 2 heterocycles. The molecule has 13 heteroatoms. The van der Waals surface area contributed by atoms with Crippen LogP contribution < -0.4 is 5.32 Å². The Morgan fingerprint density at radius 1 is 0.824 bits per heavy atom. The summed E-state index contributed by atoms with van der Waals surface area (Å²) in [4.78, 5) is 67.5. The van der Waals surface area contributed by atoms with Gasteiger partial charge in [-0.1, -0.05) is 57.2 Å². The van der Waals surface area contributed by atoms with Crippen LogP contribution in [0.15, 0.2) is 60.7 Å². The topological polar surface area (TPSA) is 173 Å². The molecule has 51 heavy (non-hydrogen) atoms. The van der Waals surface area contributed by atoms with Crippen LogP contribution in [0.4, 0.5) is 0 Å². The van der Waals surface area contributed by atoms with Crippen LogP contribution in [0, 0.1) is 28.6 Å². The van der Waals surface area contributed by atoms with E-state index in [2.05, 4.69) is 5.32 Å². The molecule has 4 fully saturated rings. The second kappa shape index (κ2) is 13.0. The van der Waals surface area contributed by atoms with E-state index in [1.54, 1.807) is 95.4 Å². The number of hydrogen-bond acceptors (Lipinski definition) is 13. The largest absolute Gasteiger partial charge is 0.458 e. The van der Waals surface area contributed by atoms with Gasteiger partial charge in [0.2, 0.25) is 0 Å². The normalized spacial score (nSPS) is 37.5. The van der Waals surface area contributed by atoms with Crippen molar-refractivity contribution in [3.8, 4) is 0 Å². The van der Waals surface area contributed by atoms with Gasteiger partial charge in [0.25, 0.3) is 5.79 Å². The molecule has 2 aliphatic carbocycles. The van der Waals surface area contributed by atoms with Crippen molar-refractivity contribution in [1.82, 2.24) is 5.32 Å². The average molecular weight is 708 g/mol. The van der Waals surface area contributed by atoms with E-state index in [-0.39, 0.29) is 24.1 Å². The molecular weight excluding hydrogens is 662 g/mol. The van der Waals surface area contributed by atoms with Crippen LogP contribution in [0.3, 0.4) is 0 Å². The van der Waals surface area contributed by atoms with Crippen molar-refractivity contribution in [2.75, 3.05) is 13.6 Å². The van der Waals surface area contributed by atoms with Crippen molar-refractivity contribution < 1.29 is 57.5 Å². The zero-order chi connectivity index (χ0) is 37.1. The Balaban J connectivity index is 1.63. The van der Waals surface area contributed by atoms with Crippen LogP contribution in [0.2, 0.25) is 0 Å². The van der Waals surface area contributed by atoms with E-state index in [9.17, 15) is 29.1 Å². The molecule has 2 N–H and O–H groups in total. The van der Waals surface area contributed by atoms with Gasteiger partial charge in [-0.15, -0.1) is 0 Å². The summed E-state index contributed by atoms with van der Waals surface area (Å²) in [6.07, 6.45) is -6.69. The summed E-state index contributed by atoms with van der Waals surface area (Å²) in [5.41, 5.74) is -3.83. The number of aliphatic hydroxyl groups excluding tert-OH is 1. The van der Waals surface area contributed by atoms with Crippen molar-refractivity contribution in [3.05, 3.63) is 71.8 Å². The van der Waals surface area contributed by atoms with Crippen molar-refractivity contribution in [2.24, 2.45) is 28.6 Å². The Kier molecular flexibility index (Phi) is 9.31. The molecule has 2 bridgehead atoms. The Bertz CT molecular complexity index is 1700. The molecule has 1 spiro atoms. The molecule has 11 unspecified atom stereocenters. The maximum atomic E-state index is 14.1. The third-order valence-electron chi connectivity index (χ3n) is 11.6. The van der Waals surface area contributed by atoms with Gasteiger partial charge in [0.05, 0.1) is 17.0 Å². The minimum Gasteiger partial charge on any atom is -0.458 e. The summed E-state index contributed by atoms with van der Waals surface area (Å²) in [5, 5.41) is 15.1. The molecule has 6 rings (SSSR count). The summed E-state index contributed by atoms with van der Waals surface area (Å²) in [6, 6.07) is 16.5. The lowest BCUT2D eigenvalue weighted by Gasteiger charge is -2.68. The van der Waals surface area contributed by atoms with Gasteiger partial charge in [-0.25, -0.2) is 14.4 Å². The highest BCUT2D eigenvalue weighted by atomic mass is 16.8. The number of rotatable bonds is 8. The summed E-state index contributed by atoms with van der Waals surface area (Å²) in [5.74, 6) is -8.49. The highest BCUT2D eigenvalue weighted by Gasteiger charge is 2.83. The molecule has 11 atom stereocenters. The minimum atomic E-state index is -2.05. The third-order valence-corrected chi connectivity index (χ3v) is 11.6. The Morgan fingerprint density at radius 2 is 1.37 bits per heavy atom. The van der Waals surface area contributed by atoms with Gasteiger partial charge in [0.1, 0.15) is 18.3 Å². The molecule has 0 aromatic heterocycles. The lowest BCUT2D eigenvalue weighted by Crippen LogP contribution is -2.79. The molecule has 2 saturated carbocycles. The molecular formula is C38H45NO12. The standard InChI is InChI=1S/C38H45NO12/c1-20(40)46-26-18-25-35(3,4)30(42)28(47-21(2)41)31(49-33(44)23-16-12-9-13-17-23)36(25,5)29-27(48-32(43)22-14-10-8-11-15-22)24(19-39-7)37(6)34(45)50-38(26,29)51-37/h8-17,24-31,39,42H,18-19H2,1-7H3. The van der Waals surface area contributed by atoms with Gasteiger partial charge in [-0.05, 0) is 56.0 Å². The fraction of sp³-hybridized carbons (Fsp3) is 0.553. The number of ether oxygens (including phenoxy) is 6. The quantitative estimate of drug-likeness (QED) is 0.303. The van der Waals surface area contributed by atoms with Crippen molar-refractivity contribution in [3.63, 3.8) is 0 Å². The Morgan fingerprint density at radius 3 is 1.90 bits per heavy atom. The highest BCUT2D eigenvalue weighted by Crippen LogP contribution is 2.70. The lowest BCUT2D eigenvalue weighted by atomic mass is 9.42. The van der Waals surface area contributed by atoms with Crippen molar-refractivity contribution in [1.29, 1.82) is 0 Å². The minimum absolute atomic E-state index is 0.0256. The van der Waals surface area contributed by atoms with Gasteiger partial charge in [0.15, 0.2) is 17.8 Å². The van der Waals surface area contributed by atoms with Crippen LogP contribution >= 0.6 is 0 Å². The monoisotopic (exact) mass is 707 g/mol. The van der Waals surface area contributed by atoms with Crippen molar-refractivity contribution in [2.45, 2.75) is 89.9 Å². The first kappa shape index (κ1) is 36.5. The van der Waals surface area contributed by atoms with Crippen LogP contribution in [0.1, 0.15) is 68.7 Å². The maximum Gasteiger partial charge on any atom is 0.341 e. The second-order valence-electron chi connectivity index (χ2n) is 15.0. The van der Waals surface area contributed by atoms with E-state index < -0.39 is 100 Å². The van der Waals surface area contributed by atoms with Gasteiger partial charge in [0, 0.05) is 31.7 Å². The predicted octanol–water partition coefficient (Wildman–Crippen LogP) is 3.22. The SMILES string of the molecule is CNCC1C(OC(=O)c2ccccc2)C2C3(OC(=O)C1(C)O3)C(OC(C)=O)CC1C(C)(C)C(O)C(OC(C)=O)C(OC(=O)c3ccccc3)C12C. The van der Waals surface area contributed by atoms with E-state index >= 15 is 0 Å². The average Bonchev–Trinajstić information content (AvgIpc) is 3.31. The molecule has 0 radical (unpaired) electrons. The molecule has 13 nitrogen and oxygen atoms in total. The number of esters is 5. The van der Waals surface area contributed by atoms with E-state index in [1.165, 1.54) is 13.8 Å². The first-order valence-electron chi connectivity index (χ1n) is 17.1.